The fraction of sp³-hybridized carbons (Fsp3) is 0.370. The maximum atomic E-state index is 9.41. The lowest BCUT2D eigenvalue weighted by molar-refractivity contribution is -0.275. The molecule has 2 heterocycles. The maximum Gasteiger partial charge on any atom is 0.185 e. The summed E-state index contributed by atoms with van der Waals surface area (Å²) < 4.78 is 13.0. The van der Waals surface area contributed by atoms with Crippen molar-refractivity contribution in [2.24, 2.45) is 5.92 Å². The first kappa shape index (κ1) is 23.4. The highest BCUT2D eigenvalue weighted by atomic mass is 16.7. The standard InChI is InChI=1S/C27H33N3O3/c1-19-25(17-30(2)15-13-24-8-3-4-14-29-24)32-27(22-6-5-7-23(28)16-22)33-26(19)21-11-9-20(18-31)10-12-21/h3-12,14,16,19,25-27,31H,13,15,17-18,28H2,1-2H3/t19-,25+,26+,27+/m1/s1. The van der Waals surface area contributed by atoms with Crippen LogP contribution in [0.3, 0.4) is 0 Å². The van der Waals surface area contributed by atoms with Gasteiger partial charge in [0.25, 0.3) is 0 Å². The molecule has 0 saturated carbocycles. The van der Waals surface area contributed by atoms with Gasteiger partial charge in [0.2, 0.25) is 0 Å². The first-order chi connectivity index (χ1) is 16.0. The van der Waals surface area contributed by atoms with Crippen LogP contribution in [0.15, 0.2) is 72.9 Å². The number of ether oxygens (including phenoxy) is 2. The van der Waals surface area contributed by atoms with Crippen LogP contribution in [0, 0.1) is 5.92 Å². The molecular formula is C27H33N3O3. The lowest BCUT2D eigenvalue weighted by Gasteiger charge is -2.42. The molecule has 4 atom stereocenters. The number of nitrogens with zero attached hydrogens (tertiary/aromatic N) is 2. The monoisotopic (exact) mass is 447 g/mol. The second kappa shape index (κ2) is 10.9. The summed E-state index contributed by atoms with van der Waals surface area (Å²) in [7, 11) is 2.12. The van der Waals surface area contributed by atoms with Crippen LogP contribution in [-0.4, -0.2) is 41.2 Å². The van der Waals surface area contributed by atoms with E-state index in [1.807, 2.05) is 66.9 Å². The lowest BCUT2D eigenvalue weighted by atomic mass is 9.90. The number of nitrogen functional groups attached to an aromatic ring is 1. The summed E-state index contributed by atoms with van der Waals surface area (Å²) in [6.45, 7) is 3.88. The first-order valence-electron chi connectivity index (χ1n) is 11.5. The number of aliphatic hydroxyl groups excluding tert-OH is 1. The Morgan fingerprint density at radius 1 is 1.00 bits per heavy atom. The van der Waals surface area contributed by atoms with Gasteiger partial charge in [-0.1, -0.05) is 49.4 Å². The minimum atomic E-state index is -0.499. The fourth-order valence-electron chi connectivity index (χ4n) is 4.28. The number of aromatic nitrogens is 1. The quantitative estimate of drug-likeness (QED) is 0.506. The van der Waals surface area contributed by atoms with E-state index in [0.29, 0.717) is 5.69 Å². The summed E-state index contributed by atoms with van der Waals surface area (Å²) >= 11 is 0. The highest BCUT2D eigenvalue weighted by molar-refractivity contribution is 5.41. The number of benzene rings is 2. The SMILES string of the molecule is C[C@@H]1[C@H](CN(C)CCc2ccccn2)O[C@H](c2cccc(N)c2)O[C@@H]1c1ccc(CO)cc1. The van der Waals surface area contributed by atoms with Gasteiger partial charge in [-0.2, -0.15) is 0 Å². The average molecular weight is 448 g/mol. The molecule has 1 aliphatic heterocycles. The minimum absolute atomic E-state index is 0.0265. The van der Waals surface area contributed by atoms with Crippen molar-refractivity contribution >= 4 is 5.69 Å². The van der Waals surface area contributed by atoms with Crippen molar-refractivity contribution in [3.8, 4) is 0 Å². The molecule has 0 bridgehead atoms. The first-order valence-corrected chi connectivity index (χ1v) is 11.5. The van der Waals surface area contributed by atoms with Crippen molar-refractivity contribution in [2.75, 3.05) is 25.9 Å². The Bertz CT molecular complexity index is 1010. The Morgan fingerprint density at radius 2 is 1.82 bits per heavy atom. The number of anilines is 1. The van der Waals surface area contributed by atoms with E-state index in [1.165, 1.54) is 0 Å². The Hall–Kier alpha value is -2.77. The predicted octanol–water partition coefficient (Wildman–Crippen LogP) is 4.12. The van der Waals surface area contributed by atoms with E-state index in [1.54, 1.807) is 0 Å². The van der Waals surface area contributed by atoms with Gasteiger partial charge in [0, 0.05) is 48.6 Å². The van der Waals surface area contributed by atoms with E-state index in [0.717, 1.165) is 41.9 Å². The predicted molar refractivity (Wildman–Crippen MR) is 129 cm³/mol. The zero-order valence-electron chi connectivity index (χ0n) is 19.3. The highest BCUT2D eigenvalue weighted by Gasteiger charge is 2.38. The third-order valence-electron chi connectivity index (χ3n) is 6.27. The smallest absolute Gasteiger partial charge is 0.185 e. The summed E-state index contributed by atoms with van der Waals surface area (Å²) in [6.07, 6.45) is 2.07. The van der Waals surface area contributed by atoms with Crippen molar-refractivity contribution < 1.29 is 14.6 Å². The maximum absolute atomic E-state index is 9.41. The lowest BCUT2D eigenvalue weighted by Crippen LogP contribution is -2.43. The molecule has 33 heavy (non-hydrogen) atoms. The van der Waals surface area contributed by atoms with Gasteiger partial charge >= 0.3 is 0 Å². The van der Waals surface area contributed by atoms with Crippen LogP contribution in [0.4, 0.5) is 5.69 Å². The van der Waals surface area contributed by atoms with Crippen LogP contribution in [-0.2, 0) is 22.5 Å². The van der Waals surface area contributed by atoms with Crippen molar-refractivity contribution in [2.45, 2.75) is 38.4 Å². The van der Waals surface area contributed by atoms with Crippen LogP contribution in [0.2, 0.25) is 0 Å². The largest absolute Gasteiger partial charge is 0.399 e. The van der Waals surface area contributed by atoms with Gasteiger partial charge in [-0.05, 0) is 42.4 Å². The topological polar surface area (TPSA) is 80.8 Å². The second-order valence-corrected chi connectivity index (χ2v) is 8.83. The molecule has 3 N–H and O–H groups in total. The van der Waals surface area contributed by atoms with Crippen LogP contribution in [0.25, 0.3) is 0 Å². The molecule has 0 spiro atoms. The van der Waals surface area contributed by atoms with Crippen LogP contribution >= 0.6 is 0 Å². The fourth-order valence-corrected chi connectivity index (χ4v) is 4.28. The Morgan fingerprint density at radius 3 is 2.52 bits per heavy atom. The molecule has 4 rings (SSSR count). The van der Waals surface area contributed by atoms with E-state index in [9.17, 15) is 5.11 Å². The highest BCUT2D eigenvalue weighted by Crippen LogP contribution is 2.42. The van der Waals surface area contributed by atoms with E-state index >= 15 is 0 Å². The molecule has 1 aliphatic rings. The van der Waals surface area contributed by atoms with Crippen molar-refractivity contribution in [3.05, 3.63) is 95.3 Å². The van der Waals surface area contributed by atoms with Crippen molar-refractivity contribution in [3.63, 3.8) is 0 Å². The molecule has 6 nitrogen and oxygen atoms in total. The van der Waals surface area contributed by atoms with Crippen molar-refractivity contribution in [1.29, 1.82) is 0 Å². The summed E-state index contributed by atoms with van der Waals surface area (Å²) in [4.78, 5) is 6.73. The van der Waals surface area contributed by atoms with Gasteiger partial charge in [0.15, 0.2) is 6.29 Å². The molecule has 1 fully saturated rings. The molecule has 6 heteroatoms. The second-order valence-electron chi connectivity index (χ2n) is 8.83. The van der Waals surface area contributed by atoms with Crippen LogP contribution in [0.5, 0.6) is 0 Å². The molecular weight excluding hydrogens is 414 g/mol. The number of nitrogens with two attached hydrogens (primary N) is 1. The molecule has 0 unspecified atom stereocenters. The summed E-state index contributed by atoms with van der Waals surface area (Å²) in [5.41, 5.74) is 10.7. The molecule has 2 aromatic carbocycles. The summed E-state index contributed by atoms with van der Waals surface area (Å²) in [5, 5.41) is 9.41. The van der Waals surface area contributed by atoms with E-state index in [2.05, 4.69) is 29.9 Å². The number of hydrogen-bond acceptors (Lipinski definition) is 6. The van der Waals surface area contributed by atoms with E-state index < -0.39 is 6.29 Å². The summed E-state index contributed by atoms with van der Waals surface area (Å²) in [6, 6.07) is 21.7. The van der Waals surface area contributed by atoms with E-state index in [4.69, 9.17) is 15.2 Å². The van der Waals surface area contributed by atoms with Gasteiger partial charge in [-0.15, -0.1) is 0 Å². The van der Waals surface area contributed by atoms with Crippen LogP contribution < -0.4 is 5.73 Å². The molecule has 0 radical (unpaired) electrons. The van der Waals surface area contributed by atoms with Gasteiger partial charge < -0.3 is 25.2 Å². The number of hydrogen-bond donors (Lipinski definition) is 2. The number of pyridine rings is 1. The third kappa shape index (κ3) is 5.97. The Balaban J connectivity index is 1.52. The Labute approximate surface area is 196 Å². The molecule has 0 amide bonds. The van der Waals surface area contributed by atoms with Crippen molar-refractivity contribution in [1.82, 2.24) is 9.88 Å². The number of aliphatic hydroxyl groups is 1. The zero-order valence-corrected chi connectivity index (χ0v) is 19.3. The normalized spacial score (nSPS) is 23.0. The summed E-state index contributed by atoms with van der Waals surface area (Å²) in [5.74, 6) is 0.139. The zero-order chi connectivity index (χ0) is 23.2. The minimum Gasteiger partial charge on any atom is -0.399 e. The Kier molecular flexibility index (Phi) is 7.73. The van der Waals surface area contributed by atoms with Gasteiger partial charge in [0.05, 0.1) is 18.8 Å². The van der Waals surface area contributed by atoms with E-state index in [-0.39, 0.29) is 24.7 Å². The molecule has 174 valence electrons. The molecule has 1 saturated heterocycles. The number of rotatable bonds is 8. The van der Waals surface area contributed by atoms with Gasteiger partial charge in [-0.25, -0.2) is 0 Å². The molecule has 0 aliphatic carbocycles. The number of likely N-dealkylation sites (N-methyl/N-ethyl adjacent to an activating group) is 1. The third-order valence-corrected chi connectivity index (χ3v) is 6.27. The molecule has 3 aromatic rings. The van der Waals surface area contributed by atoms with Crippen LogP contribution in [0.1, 0.15) is 41.7 Å². The van der Waals surface area contributed by atoms with Gasteiger partial charge in [-0.3, -0.25) is 4.98 Å². The average Bonchev–Trinajstić information content (AvgIpc) is 2.85. The van der Waals surface area contributed by atoms with Gasteiger partial charge in [0.1, 0.15) is 0 Å². The molecule has 1 aromatic heterocycles.